The van der Waals surface area contributed by atoms with E-state index in [1.165, 1.54) is 14.2 Å². The molecule has 6 atom stereocenters. The molecule has 0 bridgehead atoms. The fourth-order valence-electron chi connectivity index (χ4n) is 18.5. The fraction of sp³-hybridized carbons (Fsp3) is 0.286. The molecule has 4 aromatic heterocycles. The van der Waals surface area contributed by atoms with E-state index in [4.69, 9.17) is 29.4 Å². The Bertz CT molecular complexity index is 5780. The van der Waals surface area contributed by atoms with Crippen LogP contribution in [-0.2, 0) is 41.5 Å². The number of carbonyl (C=O) groups is 6. The van der Waals surface area contributed by atoms with Crippen molar-refractivity contribution >= 4 is 78.9 Å². The van der Waals surface area contributed by atoms with Crippen LogP contribution in [0.25, 0.3) is 110 Å². The highest BCUT2D eigenvalue weighted by Gasteiger charge is 2.41. The van der Waals surface area contributed by atoms with Gasteiger partial charge in [0.05, 0.1) is 98.8 Å². The average molecular weight is 1600 g/mol. The number of carbonyl (C=O) groups excluding carboxylic acids is 6. The molecule has 120 heavy (non-hydrogen) atoms. The Morgan fingerprint density at radius 1 is 0.333 bits per heavy atom. The highest BCUT2D eigenvalue weighted by atomic mass is 16.5. The van der Waals surface area contributed by atoms with Crippen molar-refractivity contribution in [2.24, 2.45) is 11.8 Å². The van der Waals surface area contributed by atoms with Crippen molar-refractivity contribution in [1.29, 1.82) is 0 Å². The lowest BCUT2D eigenvalue weighted by Crippen LogP contribution is -2.51. The number of hydrogen-bond donors (Lipinski definition) is 6. The maximum atomic E-state index is 13.8. The molecule has 0 unspecified atom stereocenters. The van der Waals surface area contributed by atoms with E-state index in [1.54, 1.807) is 0 Å². The Hall–Kier alpha value is -13.5. The molecule has 6 amide bonds. The average Bonchev–Trinajstić information content (AvgIpc) is 1.25. The van der Waals surface area contributed by atoms with E-state index in [-0.39, 0.29) is 59.6 Å². The predicted molar refractivity (Wildman–Crippen MR) is 467 cm³/mol. The first-order chi connectivity index (χ1) is 58.6. The molecule has 10 aromatic carbocycles. The zero-order chi connectivity index (χ0) is 82.7. The molecule has 0 saturated carbocycles. The Balaban J connectivity index is 0.000000172. The van der Waals surface area contributed by atoms with Crippen LogP contribution in [-0.4, -0.2) is 148 Å². The zero-order valence-corrected chi connectivity index (χ0v) is 68.3. The molecule has 0 radical (unpaired) electrons. The Morgan fingerprint density at radius 2 is 0.567 bits per heavy atom. The third-order valence-corrected chi connectivity index (χ3v) is 24.5. The van der Waals surface area contributed by atoms with Gasteiger partial charge in [0.25, 0.3) is 0 Å². The van der Waals surface area contributed by atoms with Crippen molar-refractivity contribution in [2.75, 3.05) is 40.4 Å². The number of H-pyrrole nitrogens is 4. The summed E-state index contributed by atoms with van der Waals surface area (Å²) in [6.07, 6.45) is 13.9. The van der Waals surface area contributed by atoms with Crippen LogP contribution in [0.15, 0.2) is 231 Å². The molecule has 4 fully saturated rings. The number of benzene rings is 10. The second-order valence-electron chi connectivity index (χ2n) is 32.5. The highest BCUT2D eigenvalue weighted by molar-refractivity contribution is 6.13. The highest BCUT2D eigenvalue weighted by Crippen LogP contribution is 2.46. The first-order valence-corrected chi connectivity index (χ1v) is 41.8. The van der Waals surface area contributed by atoms with Gasteiger partial charge in [0.15, 0.2) is 0 Å². The number of nitrogens with zero attached hydrogens (tertiary/aromatic N) is 8. The van der Waals surface area contributed by atoms with E-state index in [9.17, 15) is 28.8 Å². The van der Waals surface area contributed by atoms with Gasteiger partial charge >= 0.3 is 12.2 Å². The lowest BCUT2D eigenvalue weighted by molar-refractivity contribution is -0.136. The lowest BCUT2D eigenvalue weighted by Gasteiger charge is -2.30. The first-order valence-electron chi connectivity index (χ1n) is 41.8. The summed E-state index contributed by atoms with van der Waals surface area (Å²) in [5, 5.41) is 14.3. The van der Waals surface area contributed by atoms with Crippen molar-refractivity contribution in [2.45, 2.75) is 128 Å². The number of rotatable bonds is 20. The molecular weight excluding hydrogens is 1500 g/mol. The van der Waals surface area contributed by atoms with Crippen LogP contribution in [0.1, 0.15) is 138 Å². The Labute approximate surface area is 696 Å². The number of ether oxygens (including phenoxy) is 2. The van der Waals surface area contributed by atoms with E-state index in [0.29, 0.717) is 37.6 Å². The molecule has 8 heterocycles. The minimum atomic E-state index is -0.710. The maximum Gasteiger partial charge on any atom is 0.407 e. The lowest BCUT2D eigenvalue weighted by atomic mass is 9.89. The van der Waals surface area contributed by atoms with E-state index in [1.807, 2.05) is 145 Å². The second kappa shape index (κ2) is 34.6. The summed E-state index contributed by atoms with van der Waals surface area (Å²) in [7, 11) is 2.59. The topological polar surface area (TPSA) is 273 Å². The molecule has 22 heteroatoms. The number of hydrogen-bond acceptors (Lipinski definition) is 12. The second-order valence-corrected chi connectivity index (χ2v) is 32.5. The molecule has 608 valence electrons. The number of amides is 6. The fourth-order valence-corrected chi connectivity index (χ4v) is 18.5. The van der Waals surface area contributed by atoms with Crippen LogP contribution >= 0.6 is 0 Å². The van der Waals surface area contributed by atoms with Gasteiger partial charge in [-0.25, -0.2) is 29.5 Å². The smallest absolute Gasteiger partial charge is 0.407 e. The quantitative estimate of drug-likeness (QED) is 0.0416. The number of aromatic nitrogens is 8. The van der Waals surface area contributed by atoms with Gasteiger partial charge < -0.3 is 59.6 Å². The largest absolute Gasteiger partial charge is 0.453 e. The molecule has 22 nitrogen and oxygen atoms in total. The van der Waals surface area contributed by atoms with Gasteiger partial charge in [0, 0.05) is 48.4 Å². The van der Waals surface area contributed by atoms with E-state index < -0.39 is 24.3 Å². The van der Waals surface area contributed by atoms with Crippen molar-refractivity contribution in [3.8, 4) is 67.3 Å². The zero-order valence-electron chi connectivity index (χ0n) is 68.3. The Kier molecular flexibility index (Phi) is 22.8. The summed E-state index contributed by atoms with van der Waals surface area (Å²) >= 11 is 0. The van der Waals surface area contributed by atoms with Gasteiger partial charge in [-0.05, 0) is 140 Å². The molecule has 4 aliphatic heterocycles. The minimum Gasteiger partial charge on any atom is -0.453 e. The molecule has 4 aliphatic rings. The molecule has 0 aliphatic carbocycles. The van der Waals surface area contributed by atoms with E-state index in [0.717, 1.165) is 198 Å². The van der Waals surface area contributed by atoms with Gasteiger partial charge in [-0.3, -0.25) is 19.2 Å². The number of methoxy groups -OCH3 is 2. The minimum absolute atomic E-state index is 0.0643. The summed E-state index contributed by atoms with van der Waals surface area (Å²) in [5.74, 6) is 2.84. The van der Waals surface area contributed by atoms with Gasteiger partial charge in [0.1, 0.15) is 35.4 Å². The monoisotopic (exact) mass is 1600 g/mol. The van der Waals surface area contributed by atoms with Gasteiger partial charge in [-0.2, -0.15) is 0 Å². The molecule has 14 aromatic rings. The number of likely N-dealkylation sites (tertiary alicyclic amines) is 4. The van der Waals surface area contributed by atoms with E-state index >= 15 is 0 Å². The summed E-state index contributed by atoms with van der Waals surface area (Å²) < 4.78 is 9.61. The van der Waals surface area contributed by atoms with Crippen LogP contribution in [0, 0.1) is 11.8 Å². The summed E-state index contributed by atoms with van der Waals surface area (Å²) in [5.41, 5.74) is 14.3. The number of aromatic amines is 4. The van der Waals surface area contributed by atoms with Crippen molar-refractivity contribution in [3.63, 3.8) is 0 Å². The number of fused-ring (bicyclic) bond motifs is 4. The van der Waals surface area contributed by atoms with Crippen LogP contribution in [0.4, 0.5) is 9.59 Å². The number of nitrogens with one attached hydrogen (secondary N) is 6. The molecule has 6 N–H and O–H groups in total. The van der Waals surface area contributed by atoms with E-state index in [2.05, 4.69) is 164 Å². The van der Waals surface area contributed by atoms with Crippen molar-refractivity contribution in [3.05, 3.63) is 265 Å². The molecule has 4 saturated heterocycles. The van der Waals surface area contributed by atoms with Crippen LogP contribution in [0.2, 0.25) is 0 Å². The third-order valence-electron chi connectivity index (χ3n) is 24.5. The van der Waals surface area contributed by atoms with Gasteiger partial charge in [0.2, 0.25) is 23.6 Å². The molecule has 18 rings (SSSR count). The Morgan fingerprint density at radius 3 is 0.825 bits per heavy atom. The van der Waals surface area contributed by atoms with Gasteiger partial charge in [-0.15, -0.1) is 0 Å². The molecular formula is C98H98N14O8. The summed E-state index contributed by atoms with van der Waals surface area (Å²) in [4.78, 5) is 120. The number of alkyl carbamates (subject to hydrolysis) is 2. The van der Waals surface area contributed by atoms with Crippen LogP contribution in [0.5, 0.6) is 0 Å². The van der Waals surface area contributed by atoms with Crippen LogP contribution < -0.4 is 10.6 Å². The maximum absolute atomic E-state index is 13.8. The van der Waals surface area contributed by atoms with Gasteiger partial charge in [-0.1, -0.05) is 234 Å². The standard InChI is InChI=1S/C50H44N6O2.C48H54N8O6/c57-47(29-33-13-3-1-4-14-33)55-27-11-21-45(55)49-51-31-43(53-49)41-25-23-39(35-17-7-9-19-37(35)41)40-24-26-42(38-20-10-8-18-36(38)40)44-32-52-50(54-44)46-22-12-28-56(46)48(58)30-34-15-5-2-6-16-34;1-27(2)41(53-47(59)61-5)45(57)55-23-11-17-39(55)43-49-25-37(51-43)35-21-19-33(29-13-7-9-15-31(29)35)34-20-22-36(32-16-10-8-14-30(32)34)38-26-50-44(52-38)40-18-12-24-56(40)46(58)42(28(3)4)54-48(60)62-6/h1-10,13-20,23-26,31-32,45-46H,11-12,21-22,27-30H2,(H,51,53)(H,52,54);7-10,13-16,19-22,25-28,39-42H,11-12,17-18,23-24H2,1-6H3,(H,49,51)(H,50,52)(H,53,59)(H,54,60)/t45-,46-;39-,40-,41-,42-/m00/s1. The third kappa shape index (κ3) is 15.8. The predicted octanol–water partition coefficient (Wildman–Crippen LogP) is 18.8. The first kappa shape index (κ1) is 79.0. The van der Waals surface area contributed by atoms with Crippen LogP contribution in [0.3, 0.4) is 0 Å². The van der Waals surface area contributed by atoms with Crippen molar-refractivity contribution < 1.29 is 38.2 Å². The number of imidazole rings is 4. The summed E-state index contributed by atoms with van der Waals surface area (Å²) in [6.45, 7) is 10.3. The van der Waals surface area contributed by atoms with Crippen molar-refractivity contribution in [1.82, 2.24) is 70.1 Å². The SMILES string of the molecule is COC(=O)N[C@H](C(=O)N1CCC[C@H]1c1ncc(-c2ccc(-c3ccc(-c4cnc([C@@H]5CCCN5C(=O)[C@@H](NC(=O)OC)C(C)C)[nH]4)c4ccccc34)c3ccccc23)[nH]1)C(C)C.O=C(Cc1ccccc1)N1CCC[C@H]1c1ncc(-c2ccc(-c3ccc(-c4cnc([C@@H]5CCCN5C(=O)Cc5ccccc5)[nH]4)c4ccccc34)c3ccccc23)[nH]1. The normalized spacial score (nSPS) is 17.1. The molecule has 0 spiro atoms. The summed E-state index contributed by atoms with van der Waals surface area (Å²) in [6, 6.07) is 69.2.